The van der Waals surface area contributed by atoms with Gasteiger partial charge in [-0.25, -0.2) is 0 Å². The largest absolute Gasteiger partial charge is 0.359 e. The van der Waals surface area contributed by atoms with Crippen LogP contribution in [0, 0.1) is 5.92 Å². The second-order valence-corrected chi connectivity index (χ2v) is 8.94. The number of piperidine rings is 1. The van der Waals surface area contributed by atoms with Crippen molar-refractivity contribution in [3.63, 3.8) is 0 Å². The lowest BCUT2D eigenvalue weighted by molar-refractivity contribution is -0.125. The van der Waals surface area contributed by atoms with Crippen molar-refractivity contribution in [2.75, 3.05) is 38.1 Å². The number of likely N-dealkylation sites (tertiary alicyclic amines) is 1. The Labute approximate surface area is 176 Å². The Morgan fingerprint density at radius 2 is 1.86 bits per heavy atom. The van der Waals surface area contributed by atoms with E-state index in [0.29, 0.717) is 0 Å². The molecule has 2 aromatic rings. The van der Waals surface area contributed by atoms with Crippen LogP contribution in [0.5, 0.6) is 0 Å². The molecule has 1 fully saturated rings. The number of rotatable bonds is 5. The van der Waals surface area contributed by atoms with Gasteiger partial charge in [0.05, 0.1) is 11.4 Å². The summed E-state index contributed by atoms with van der Waals surface area (Å²) in [5.74, 6) is 0.372. The minimum absolute atomic E-state index is 0.182. The molecule has 0 unspecified atom stereocenters. The van der Waals surface area contributed by atoms with Crippen molar-refractivity contribution >= 4 is 40.6 Å². The van der Waals surface area contributed by atoms with Crippen LogP contribution >= 0.6 is 23.4 Å². The molecular weight excluding hydrogens is 390 g/mol. The average molecular weight is 416 g/mol. The Morgan fingerprint density at radius 3 is 2.64 bits per heavy atom. The van der Waals surface area contributed by atoms with Crippen molar-refractivity contribution in [2.45, 2.75) is 29.1 Å². The van der Waals surface area contributed by atoms with Crippen molar-refractivity contribution < 1.29 is 4.79 Å². The first kappa shape index (κ1) is 19.6. The average Bonchev–Trinajstić information content (AvgIpc) is 2.73. The first-order valence-corrected chi connectivity index (χ1v) is 11.1. The minimum atomic E-state index is 0.182. The van der Waals surface area contributed by atoms with Gasteiger partial charge in [-0.2, -0.15) is 0 Å². The first-order chi connectivity index (χ1) is 13.7. The van der Waals surface area contributed by atoms with Crippen molar-refractivity contribution in [3.05, 3.63) is 47.5 Å². The standard InChI is InChI=1S/C22H26ClN3OS/c1-24-22(27)16-9-13-25(14-10-16)11-4-12-26-18-5-2-3-6-20(18)28-21-8-7-17(23)15-19(21)26/h2-3,5-8,15-16H,4,9-14H2,1H3,(H,24,27). The molecule has 6 heteroatoms. The number of carbonyl (C=O) groups is 1. The number of fused-ring (bicyclic) bond motifs is 2. The van der Waals surface area contributed by atoms with Crippen LogP contribution in [0.1, 0.15) is 19.3 Å². The maximum atomic E-state index is 11.8. The Bertz CT molecular complexity index is 851. The van der Waals surface area contributed by atoms with Crippen molar-refractivity contribution in [3.8, 4) is 0 Å². The van der Waals surface area contributed by atoms with Crippen molar-refractivity contribution in [2.24, 2.45) is 5.92 Å². The van der Waals surface area contributed by atoms with E-state index >= 15 is 0 Å². The number of para-hydroxylation sites is 1. The number of halogens is 1. The maximum Gasteiger partial charge on any atom is 0.222 e. The third kappa shape index (κ3) is 4.17. The van der Waals surface area contributed by atoms with E-state index in [4.69, 9.17) is 11.6 Å². The van der Waals surface area contributed by atoms with Gasteiger partial charge < -0.3 is 15.1 Å². The van der Waals surface area contributed by atoms with Crippen molar-refractivity contribution in [1.29, 1.82) is 0 Å². The van der Waals surface area contributed by atoms with Crippen LogP contribution in [0.2, 0.25) is 5.02 Å². The first-order valence-electron chi connectivity index (χ1n) is 9.93. The van der Waals surface area contributed by atoms with E-state index in [1.54, 1.807) is 7.05 Å². The highest BCUT2D eigenvalue weighted by Crippen LogP contribution is 2.48. The molecule has 0 spiro atoms. The fraction of sp³-hybridized carbons (Fsp3) is 0.409. The molecule has 1 N–H and O–H groups in total. The summed E-state index contributed by atoms with van der Waals surface area (Å²) in [4.78, 5) is 19.3. The Hall–Kier alpha value is -1.69. The van der Waals surface area contributed by atoms with Gasteiger partial charge in [-0.15, -0.1) is 0 Å². The molecule has 0 atom stereocenters. The number of amides is 1. The molecule has 0 bridgehead atoms. The summed E-state index contributed by atoms with van der Waals surface area (Å²) in [7, 11) is 1.73. The quantitative estimate of drug-likeness (QED) is 0.761. The predicted octanol–water partition coefficient (Wildman–Crippen LogP) is 4.79. The normalized spacial score (nSPS) is 17.1. The molecule has 4 nitrogen and oxygen atoms in total. The highest BCUT2D eigenvalue weighted by Gasteiger charge is 2.25. The van der Waals surface area contributed by atoms with Gasteiger partial charge in [0, 0.05) is 34.3 Å². The van der Waals surface area contributed by atoms with Gasteiger partial charge in [0.2, 0.25) is 5.91 Å². The summed E-state index contributed by atoms with van der Waals surface area (Å²) < 4.78 is 0. The molecular formula is C22H26ClN3OS. The number of benzene rings is 2. The Morgan fingerprint density at radius 1 is 1.11 bits per heavy atom. The SMILES string of the molecule is CNC(=O)C1CCN(CCCN2c3ccccc3Sc3ccc(Cl)cc32)CC1. The third-order valence-electron chi connectivity index (χ3n) is 5.65. The molecule has 28 heavy (non-hydrogen) atoms. The van der Waals surface area contributed by atoms with Gasteiger partial charge in [0.15, 0.2) is 0 Å². The zero-order chi connectivity index (χ0) is 19.5. The summed E-state index contributed by atoms with van der Waals surface area (Å²) >= 11 is 8.11. The van der Waals surface area contributed by atoms with Crippen LogP contribution in [0.15, 0.2) is 52.3 Å². The van der Waals surface area contributed by atoms with Crippen LogP contribution in [0.4, 0.5) is 11.4 Å². The smallest absolute Gasteiger partial charge is 0.222 e. The van der Waals surface area contributed by atoms with E-state index in [1.165, 1.54) is 21.2 Å². The van der Waals surface area contributed by atoms with Crippen molar-refractivity contribution in [1.82, 2.24) is 10.2 Å². The molecule has 0 aliphatic carbocycles. The Kier molecular flexibility index (Phi) is 6.14. The van der Waals surface area contributed by atoms with Gasteiger partial charge in [-0.1, -0.05) is 35.5 Å². The summed E-state index contributed by atoms with van der Waals surface area (Å²) in [6.07, 6.45) is 3.00. The number of hydrogen-bond donors (Lipinski definition) is 1. The molecule has 0 radical (unpaired) electrons. The van der Waals surface area contributed by atoms with Crippen LogP contribution in [-0.2, 0) is 4.79 Å². The minimum Gasteiger partial charge on any atom is -0.359 e. The van der Waals surface area contributed by atoms with Gasteiger partial charge >= 0.3 is 0 Å². The summed E-state index contributed by atoms with van der Waals surface area (Å²) in [5.41, 5.74) is 2.47. The van der Waals surface area contributed by atoms with Crippen LogP contribution < -0.4 is 10.2 Å². The molecule has 2 aliphatic heterocycles. The van der Waals surface area contributed by atoms with E-state index < -0.39 is 0 Å². The number of anilines is 2. The second-order valence-electron chi connectivity index (χ2n) is 7.42. The molecule has 1 amide bonds. The number of hydrogen-bond acceptors (Lipinski definition) is 4. The maximum absolute atomic E-state index is 11.8. The van der Waals surface area contributed by atoms with E-state index in [9.17, 15) is 4.79 Å². The molecule has 2 aromatic carbocycles. The molecule has 2 aliphatic rings. The van der Waals surface area contributed by atoms with E-state index in [2.05, 4.69) is 51.5 Å². The van der Waals surface area contributed by atoms with Gasteiger partial charge in [-0.3, -0.25) is 4.79 Å². The van der Waals surface area contributed by atoms with Gasteiger partial charge in [-0.05, 0) is 69.2 Å². The molecule has 0 aromatic heterocycles. The summed E-state index contributed by atoms with van der Waals surface area (Å²) in [6.45, 7) is 4.03. The summed E-state index contributed by atoms with van der Waals surface area (Å²) in [6, 6.07) is 14.8. The molecule has 1 saturated heterocycles. The lowest BCUT2D eigenvalue weighted by atomic mass is 9.96. The van der Waals surface area contributed by atoms with Gasteiger partial charge in [0.25, 0.3) is 0 Å². The topological polar surface area (TPSA) is 35.6 Å². The highest BCUT2D eigenvalue weighted by atomic mass is 35.5. The van der Waals surface area contributed by atoms with Crippen LogP contribution in [0.25, 0.3) is 0 Å². The number of carbonyl (C=O) groups excluding carboxylic acids is 1. The lowest BCUT2D eigenvalue weighted by Crippen LogP contribution is -2.40. The van der Waals surface area contributed by atoms with E-state index in [1.807, 2.05) is 17.8 Å². The third-order valence-corrected chi connectivity index (χ3v) is 7.01. The fourth-order valence-electron chi connectivity index (χ4n) is 4.12. The second kappa shape index (κ2) is 8.76. The molecule has 148 valence electrons. The highest BCUT2D eigenvalue weighted by molar-refractivity contribution is 7.99. The number of nitrogens with zero attached hydrogens (tertiary/aromatic N) is 2. The van der Waals surface area contributed by atoms with Crippen LogP contribution in [-0.4, -0.2) is 44.0 Å². The zero-order valence-corrected chi connectivity index (χ0v) is 17.7. The molecule has 2 heterocycles. The van der Waals surface area contributed by atoms with Crippen LogP contribution in [0.3, 0.4) is 0 Å². The fourth-order valence-corrected chi connectivity index (χ4v) is 5.36. The Balaban J connectivity index is 1.40. The predicted molar refractivity (Wildman–Crippen MR) is 117 cm³/mol. The molecule has 0 saturated carbocycles. The molecule has 4 rings (SSSR count). The summed E-state index contributed by atoms with van der Waals surface area (Å²) in [5, 5.41) is 3.56. The van der Waals surface area contributed by atoms with E-state index in [0.717, 1.165) is 50.5 Å². The zero-order valence-electron chi connectivity index (χ0n) is 16.2. The van der Waals surface area contributed by atoms with Gasteiger partial charge in [0.1, 0.15) is 0 Å². The monoisotopic (exact) mass is 415 g/mol. The number of nitrogens with one attached hydrogen (secondary N) is 1. The van der Waals surface area contributed by atoms with E-state index in [-0.39, 0.29) is 11.8 Å². The lowest BCUT2D eigenvalue weighted by Gasteiger charge is -2.35.